The fourth-order valence-corrected chi connectivity index (χ4v) is 4.30. The van der Waals surface area contributed by atoms with E-state index in [1.54, 1.807) is 24.0 Å². The van der Waals surface area contributed by atoms with Gasteiger partial charge < -0.3 is 10.5 Å². The van der Waals surface area contributed by atoms with E-state index in [0.717, 1.165) is 16.1 Å². The molecule has 1 fully saturated rings. The van der Waals surface area contributed by atoms with Gasteiger partial charge in [-0.3, -0.25) is 9.36 Å². The second-order valence-corrected chi connectivity index (χ2v) is 7.11. The molecule has 4 rings (SSSR count). The molecule has 2 unspecified atom stereocenters. The van der Waals surface area contributed by atoms with Gasteiger partial charge in [-0.2, -0.15) is 0 Å². The molecule has 1 aliphatic rings. The molecule has 1 amide bonds. The van der Waals surface area contributed by atoms with Gasteiger partial charge >= 0.3 is 0 Å². The number of hydrogen-bond donors (Lipinski definition) is 1. The van der Waals surface area contributed by atoms with E-state index in [-0.39, 0.29) is 11.8 Å². The Kier molecular flexibility index (Phi) is 4.10. The van der Waals surface area contributed by atoms with E-state index in [4.69, 9.17) is 10.5 Å². The number of carbonyl (C=O) groups excluding carboxylic acids is 1. The van der Waals surface area contributed by atoms with Gasteiger partial charge in [0.15, 0.2) is 0 Å². The van der Waals surface area contributed by atoms with Gasteiger partial charge in [0.25, 0.3) is 0 Å². The minimum Gasteiger partial charge on any atom is -0.369 e. The Hall–Kier alpha value is -2.51. The lowest BCUT2D eigenvalue weighted by Gasteiger charge is -2.40. The lowest BCUT2D eigenvalue weighted by molar-refractivity contribution is -0.132. The summed E-state index contributed by atoms with van der Waals surface area (Å²) in [4.78, 5) is 12.9. The molecule has 2 aromatic heterocycles. The summed E-state index contributed by atoms with van der Waals surface area (Å²) in [5, 5.41) is 9.69. The largest absolute Gasteiger partial charge is 0.369 e. The minimum atomic E-state index is -0.627. The van der Waals surface area contributed by atoms with Crippen LogP contribution in [0.25, 0.3) is 5.69 Å². The Morgan fingerprint density at radius 2 is 2.00 bits per heavy atom. The van der Waals surface area contributed by atoms with Crippen molar-refractivity contribution in [1.82, 2.24) is 14.8 Å². The van der Waals surface area contributed by atoms with Crippen molar-refractivity contribution in [2.75, 3.05) is 6.61 Å². The first-order valence-corrected chi connectivity index (χ1v) is 9.00. The molecular formula is C18H18N4O2S. The van der Waals surface area contributed by atoms with E-state index in [0.29, 0.717) is 19.4 Å². The summed E-state index contributed by atoms with van der Waals surface area (Å²) in [7, 11) is 0. The Balaban J connectivity index is 1.75. The molecule has 7 heteroatoms. The van der Waals surface area contributed by atoms with Gasteiger partial charge in [0.05, 0.1) is 0 Å². The number of carbonyl (C=O) groups is 1. The first-order chi connectivity index (χ1) is 12.2. The predicted molar refractivity (Wildman–Crippen MR) is 94.3 cm³/mol. The normalized spacial score (nSPS) is 23.4. The number of benzene rings is 1. The summed E-state index contributed by atoms with van der Waals surface area (Å²) in [5.41, 5.74) is 6.97. The van der Waals surface area contributed by atoms with Crippen molar-refractivity contribution in [2.24, 2.45) is 11.7 Å². The highest BCUT2D eigenvalue weighted by molar-refractivity contribution is 7.10. The fraction of sp³-hybridized carbons (Fsp3) is 0.278. The smallest absolute Gasteiger partial charge is 0.220 e. The predicted octanol–water partition coefficient (Wildman–Crippen LogP) is 2.48. The average Bonchev–Trinajstić information content (AvgIpc) is 3.36. The number of thiophene rings is 1. The van der Waals surface area contributed by atoms with Crippen LogP contribution in [-0.2, 0) is 15.1 Å². The Morgan fingerprint density at radius 1 is 1.24 bits per heavy atom. The minimum absolute atomic E-state index is 0.187. The number of primary amides is 1. The number of amides is 1. The van der Waals surface area contributed by atoms with Gasteiger partial charge in [-0.1, -0.05) is 18.2 Å². The van der Waals surface area contributed by atoms with Crippen LogP contribution < -0.4 is 5.73 Å². The number of nitrogens with two attached hydrogens (primary N) is 1. The molecule has 1 aromatic carbocycles. The maximum atomic E-state index is 11.8. The maximum absolute atomic E-state index is 11.8. The zero-order valence-corrected chi connectivity index (χ0v) is 14.4. The lowest BCUT2D eigenvalue weighted by atomic mass is 9.79. The molecular weight excluding hydrogens is 336 g/mol. The third-order valence-corrected chi connectivity index (χ3v) is 5.73. The van der Waals surface area contributed by atoms with Gasteiger partial charge in [-0.25, -0.2) is 0 Å². The van der Waals surface area contributed by atoms with Crippen LogP contribution in [0.1, 0.15) is 23.3 Å². The van der Waals surface area contributed by atoms with Crippen molar-refractivity contribution >= 4 is 17.2 Å². The van der Waals surface area contributed by atoms with Crippen LogP contribution in [0.4, 0.5) is 0 Å². The molecule has 2 atom stereocenters. The van der Waals surface area contributed by atoms with Crippen molar-refractivity contribution in [2.45, 2.75) is 18.4 Å². The fourth-order valence-electron chi connectivity index (χ4n) is 3.39. The van der Waals surface area contributed by atoms with E-state index >= 15 is 0 Å². The van der Waals surface area contributed by atoms with Crippen LogP contribution in [0.5, 0.6) is 0 Å². The molecule has 1 aliphatic heterocycles. The Labute approximate surface area is 149 Å². The van der Waals surface area contributed by atoms with E-state index in [1.165, 1.54) is 0 Å². The van der Waals surface area contributed by atoms with Gasteiger partial charge in [-0.15, -0.1) is 21.5 Å². The monoisotopic (exact) mass is 354 g/mol. The third kappa shape index (κ3) is 2.85. The Bertz CT molecular complexity index is 846. The second kappa shape index (κ2) is 6.42. The van der Waals surface area contributed by atoms with Crippen LogP contribution in [-0.4, -0.2) is 27.3 Å². The van der Waals surface area contributed by atoms with Crippen LogP contribution in [0, 0.1) is 5.92 Å². The highest BCUT2D eigenvalue weighted by Gasteiger charge is 2.43. The molecule has 25 heavy (non-hydrogen) atoms. The number of aromatic nitrogens is 3. The van der Waals surface area contributed by atoms with Crippen LogP contribution in [0.2, 0.25) is 0 Å². The van der Waals surface area contributed by atoms with E-state index in [9.17, 15) is 4.79 Å². The molecule has 3 aromatic rings. The summed E-state index contributed by atoms with van der Waals surface area (Å²) in [5.74, 6) is -0.446. The summed E-state index contributed by atoms with van der Waals surface area (Å²) in [6.07, 6.45) is 4.55. The zero-order valence-electron chi connectivity index (χ0n) is 13.5. The summed E-state index contributed by atoms with van der Waals surface area (Å²) in [6, 6.07) is 12.2. The molecule has 0 spiro atoms. The first kappa shape index (κ1) is 16.0. The third-order valence-electron chi connectivity index (χ3n) is 4.72. The second-order valence-electron chi connectivity index (χ2n) is 6.16. The molecule has 6 nitrogen and oxygen atoms in total. The van der Waals surface area contributed by atoms with Crippen LogP contribution >= 0.6 is 11.3 Å². The number of hydrogen-bond acceptors (Lipinski definition) is 5. The molecule has 0 bridgehead atoms. The number of nitrogens with zero attached hydrogens (tertiary/aromatic N) is 3. The Morgan fingerprint density at radius 3 is 2.64 bits per heavy atom. The molecule has 2 N–H and O–H groups in total. The molecule has 0 aliphatic carbocycles. The maximum Gasteiger partial charge on any atom is 0.220 e. The molecule has 3 heterocycles. The van der Waals surface area contributed by atoms with Crippen molar-refractivity contribution < 1.29 is 9.53 Å². The molecule has 0 saturated carbocycles. The standard InChI is InChI=1S/C18H18N4O2S/c19-17(23)13-7-8-24-18(10-13,16-2-1-9-25-16)14-3-5-15(6-4-14)22-11-20-21-12-22/h1-6,9,11-13H,7-8,10H2,(H2,19,23). The lowest BCUT2D eigenvalue weighted by Crippen LogP contribution is -2.42. The van der Waals surface area contributed by atoms with E-state index in [1.807, 2.05) is 40.3 Å². The average molecular weight is 354 g/mol. The van der Waals surface area contributed by atoms with Crippen molar-refractivity contribution in [3.8, 4) is 5.69 Å². The topological polar surface area (TPSA) is 83.0 Å². The highest BCUT2D eigenvalue weighted by atomic mass is 32.1. The SMILES string of the molecule is NC(=O)C1CCOC(c2ccc(-n3cnnc3)cc2)(c2cccs2)C1. The number of ether oxygens (including phenoxy) is 1. The van der Waals surface area contributed by atoms with Crippen molar-refractivity contribution in [3.63, 3.8) is 0 Å². The quantitative estimate of drug-likeness (QED) is 0.780. The van der Waals surface area contributed by atoms with Gasteiger partial charge in [0, 0.05) is 23.1 Å². The zero-order chi connectivity index (χ0) is 17.3. The van der Waals surface area contributed by atoms with Crippen LogP contribution in [0.3, 0.4) is 0 Å². The van der Waals surface area contributed by atoms with Gasteiger partial charge in [-0.05, 0) is 42.0 Å². The van der Waals surface area contributed by atoms with Crippen molar-refractivity contribution in [1.29, 1.82) is 0 Å². The van der Waals surface area contributed by atoms with E-state index in [2.05, 4.69) is 16.3 Å². The molecule has 0 radical (unpaired) electrons. The molecule has 128 valence electrons. The highest BCUT2D eigenvalue weighted by Crippen LogP contribution is 2.45. The van der Waals surface area contributed by atoms with E-state index < -0.39 is 5.60 Å². The van der Waals surface area contributed by atoms with Gasteiger partial charge in [0.1, 0.15) is 18.3 Å². The summed E-state index contributed by atoms with van der Waals surface area (Å²) < 4.78 is 8.12. The van der Waals surface area contributed by atoms with Gasteiger partial charge in [0.2, 0.25) is 5.91 Å². The first-order valence-electron chi connectivity index (χ1n) is 8.12. The summed E-state index contributed by atoms with van der Waals surface area (Å²) in [6.45, 7) is 0.513. The summed E-state index contributed by atoms with van der Waals surface area (Å²) >= 11 is 1.64. The van der Waals surface area contributed by atoms with Crippen molar-refractivity contribution in [3.05, 3.63) is 64.9 Å². The molecule has 1 saturated heterocycles. The number of rotatable bonds is 4. The van der Waals surface area contributed by atoms with Crippen LogP contribution in [0.15, 0.2) is 54.4 Å².